The Hall–Kier alpha value is 0.810. The Balaban J connectivity index is 1.13. The van der Waals surface area contributed by atoms with Crippen LogP contribution in [0.15, 0.2) is 0 Å². The summed E-state index contributed by atoms with van der Waals surface area (Å²) in [7, 11) is 0. The third-order valence-electron chi connectivity index (χ3n) is 7.73. The van der Waals surface area contributed by atoms with Gasteiger partial charge in [-0.3, -0.25) is 0 Å². The minimum absolute atomic E-state index is 0.0718. The quantitative estimate of drug-likeness (QED) is 0.0762. The van der Waals surface area contributed by atoms with Crippen molar-refractivity contribution >= 4 is 48.9 Å². The second-order valence-corrected chi connectivity index (χ2v) is 15.5. The molecule has 2 aliphatic heterocycles. The van der Waals surface area contributed by atoms with Crippen LogP contribution in [0.2, 0.25) is 0 Å². The molecule has 136 valence electrons. The van der Waals surface area contributed by atoms with Crippen molar-refractivity contribution in [2.24, 2.45) is 28.6 Å². The molecule has 2 saturated heterocycles. The molecule has 2 bridgehead atoms. The Kier molecular flexibility index (Phi) is 3.53. The van der Waals surface area contributed by atoms with Crippen molar-refractivity contribution in [3.63, 3.8) is 0 Å². The molecule has 3 aliphatic carbocycles. The van der Waals surface area contributed by atoms with Crippen LogP contribution in [0.25, 0.3) is 0 Å². The van der Waals surface area contributed by atoms with Gasteiger partial charge in [0.05, 0.1) is 0 Å². The van der Waals surface area contributed by atoms with E-state index in [0.29, 0.717) is 17.9 Å². The van der Waals surface area contributed by atoms with Crippen LogP contribution in [0.4, 0.5) is 0 Å². The second kappa shape index (κ2) is 4.99. The van der Waals surface area contributed by atoms with Gasteiger partial charge in [0.15, 0.2) is 0 Å². The topological polar surface area (TPSA) is 79.4 Å². The summed E-state index contributed by atoms with van der Waals surface area (Å²) in [5.74, 6) is 2.33. The molecule has 3 saturated carbocycles. The Labute approximate surface area is 165 Å². The van der Waals surface area contributed by atoms with Crippen molar-refractivity contribution in [3.05, 3.63) is 0 Å². The minimum atomic E-state index is -1.15. The third kappa shape index (κ3) is 2.16. The first kappa shape index (κ1) is 16.9. The summed E-state index contributed by atoms with van der Waals surface area (Å²) in [6.45, 7) is 7.55. The summed E-state index contributed by atoms with van der Waals surface area (Å²) in [6, 6.07) is 0. The molecule has 5 aliphatic rings. The summed E-state index contributed by atoms with van der Waals surface area (Å²) in [4.78, 5) is 12.4. The van der Waals surface area contributed by atoms with E-state index in [9.17, 15) is 4.79 Å². The van der Waals surface area contributed by atoms with Gasteiger partial charge in [-0.25, -0.2) is 0 Å². The normalized spacial score (nSPS) is 49.7. The predicted molar refractivity (Wildman–Crippen MR) is 108 cm³/mol. The number of halogens is 2. The molecule has 7 heteroatoms. The number of fused-ring (bicyclic) bond motifs is 2. The zero-order chi connectivity index (χ0) is 17.0. The van der Waals surface area contributed by atoms with Crippen molar-refractivity contribution in [2.75, 3.05) is 13.4 Å². The molecule has 0 aromatic carbocycles. The number of esters is 1. The molecule has 2 heterocycles. The van der Waals surface area contributed by atoms with Gasteiger partial charge in [0.2, 0.25) is 0 Å². The molecule has 5 nitrogen and oxygen atoms in total. The van der Waals surface area contributed by atoms with E-state index in [1.165, 1.54) is 25.7 Å². The molecular formula is C17H26I2N2O3. The number of carbonyl (C=O) groups is 1. The van der Waals surface area contributed by atoms with E-state index < -0.39 is 23.8 Å². The fourth-order valence-corrected chi connectivity index (χ4v) is 13.3. The molecule has 2 N–H and O–H groups in total. The Morgan fingerprint density at radius 3 is 2.67 bits per heavy atom. The monoisotopic (exact) mass is 560 g/mol. The van der Waals surface area contributed by atoms with E-state index in [2.05, 4.69) is 43.5 Å². The number of alkyl halides is 2. The van der Waals surface area contributed by atoms with Gasteiger partial charge >= 0.3 is 166 Å². The zero-order valence-corrected chi connectivity index (χ0v) is 18.8. The van der Waals surface area contributed by atoms with Gasteiger partial charge in [-0.1, -0.05) is 0 Å². The number of ether oxygens (including phenoxy) is 2. The summed E-state index contributed by atoms with van der Waals surface area (Å²) < 4.78 is 17.6. The van der Waals surface area contributed by atoms with E-state index in [0.717, 1.165) is 11.8 Å². The van der Waals surface area contributed by atoms with Gasteiger partial charge in [0, 0.05) is 0 Å². The van der Waals surface area contributed by atoms with E-state index in [4.69, 9.17) is 9.47 Å². The zero-order valence-electron chi connectivity index (χ0n) is 14.5. The number of hydrogen-bond acceptors (Lipinski definition) is 5. The van der Waals surface area contributed by atoms with Crippen LogP contribution in [-0.2, 0) is 14.3 Å². The molecule has 5 rings (SSSR count). The van der Waals surface area contributed by atoms with E-state index in [1.54, 1.807) is 0 Å². The van der Waals surface area contributed by atoms with Crippen LogP contribution < -0.4 is 7.06 Å². The van der Waals surface area contributed by atoms with Crippen molar-refractivity contribution in [1.29, 1.82) is 0 Å². The Morgan fingerprint density at radius 2 is 2.00 bits per heavy atom. The molecule has 24 heavy (non-hydrogen) atoms. The van der Waals surface area contributed by atoms with Gasteiger partial charge in [-0.15, -0.1) is 0 Å². The average molecular weight is 560 g/mol. The van der Waals surface area contributed by atoms with Crippen LogP contribution in [0.1, 0.15) is 46.5 Å². The maximum atomic E-state index is 12.4. The fraction of sp³-hybridized carbons (Fsp3) is 0.941. The van der Waals surface area contributed by atoms with Crippen molar-refractivity contribution in [1.82, 2.24) is 7.06 Å². The summed E-state index contributed by atoms with van der Waals surface area (Å²) in [6.07, 6.45) is 5.64. The molecule has 6 unspecified atom stereocenters. The first-order chi connectivity index (χ1) is 11.2. The molecular weight excluding hydrogens is 534 g/mol. The molecule has 6 atom stereocenters. The molecule has 0 aromatic heterocycles. The molecule has 1 spiro atoms. The summed E-state index contributed by atoms with van der Waals surface area (Å²) in [5, 5.41) is 0. The summed E-state index contributed by atoms with van der Waals surface area (Å²) in [5.41, 5.74) is 0.959. The predicted octanol–water partition coefficient (Wildman–Crippen LogP) is 3.36. The van der Waals surface area contributed by atoms with Gasteiger partial charge in [0.1, 0.15) is 0 Å². The van der Waals surface area contributed by atoms with Gasteiger partial charge in [-0.2, -0.15) is 0 Å². The fourth-order valence-electron chi connectivity index (χ4n) is 5.49. The molecule has 0 amide bonds. The van der Waals surface area contributed by atoms with Gasteiger partial charge in [0.25, 0.3) is 0 Å². The van der Waals surface area contributed by atoms with Crippen LogP contribution in [-0.4, -0.2) is 26.5 Å². The molecule has 5 fully saturated rings. The maximum absolute atomic E-state index is 12.4. The van der Waals surface area contributed by atoms with Crippen molar-refractivity contribution in [2.45, 2.75) is 53.5 Å². The standard InChI is InChI=1S/C17H26I2N2O3/c1-10-5-16-6-11(4-12(16)7-16)14(10,2)8-23-9-24-13(22)15(3,18)17-19(20-17)21-17/h10-12,20-21H,4-9H2,1-3H3. The summed E-state index contributed by atoms with van der Waals surface area (Å²) >= 11 is 1.07. The van der Waals surface area contributed by atoms with Gasteiger partial charge < -0.3 is 0 Å². The van der Waals surface area contributed by atoms with Gasteiger partial charge in [-0.05, 0) is 0 Å². The van der Waals surface area contributed by atoms with Crippen LogP contribution in [0.5, 0.6) is 0 Å². The third-order valence-corrected chi connectivity index (χ3v) is 14.9. The van der Waals surface area contributed by atoms with Crippen LogP contribution >= 0.6 is 43.0 Å². The van der Waals surface area contributed by atoms with Crippen molar-refractivity contribution in [3.8, 4) is 0 Å². The first-order valence-corrected chi connectivity index (χ1v) is 13.2. The van der Waals surface area contributed by atoms with E-state index in [-0.39, 0.29) is 21.8 Å². The Morgan fingerprint density at radius 1 is 1.33 bits per heavy atom. The van der Waals surface area contributed by atoms with Crippen molar-refractivity contribution < 1.29 is 14.3 Å². The number of nitrogens with one attached hydrogen (secondary N) is 2. The van der Waals surface area contributed by atoms with Crippen LogP contribution in [0, 0.1) is 28.6 Å². The molecule has 0 aromatic rings. The second-order valence-electron chi connectivity index (χ2n) is 9.04. The number of rotatable bonds is 6. The average Bonchev–Trinajstić information content (AvgIpc) is 3.41. The first-order valence-electron chi connectivity index (χ1n) is 8.93. The number of carbonyl (C=O) groups excluding carboxylic acids is 1. The van der Waals surface area contributed by atoms with E-state index in [1.807, 2.05) is 6.92 Å². The van der Waals surface area contributed by atoms with Crippen LogP contribution in [0.3, 0.4) is 0 Å². The van der Waals surface area contributed by atoms with E-state index >= 15 is 0 Å². The Bertz CT molecular complexity index is 609. The number of hydrogen-bond donors (Lipinski definition) is 2. The SMILES string of the molecule is CC1CC23CC2CC(C3)C1(C)COCOC(=O)C(C)(I)C12NI1N2. The molecule has 0 radical (unpaired) electrons.